The smallest absolute Gasteiger partial charge is 0.303 e. The highest BCUT2D eigenvalue weighted by atomic mass is 16.7. The molecule has 34 heavy (non-hydrogen) atoms. The second kappa shape index (κ2) is 10.8. The van der Waals surface area contributed by atoms with Crippen LogP contribution in [-0.4, -0.2) is 74.9 Å². The number of aromatic nitrogens is 4. The molecule has 0 aliphatic carbocycles. The molecule has 1 aliphatic heterocycles. The van der Waals surface area contributed by atoms with Crippen LogP contribution in [0.25, 0.3) is 11.4 Å². The number of esters is 4. The van der Waals surface area contributed by atoms with E-state index in [1.807, 2.05) is 0 Å². The molecule has 2 aromatic heterocycles. The van der Waals surface area contributed by atoms with Crippen molar-refractivity contribution in [1.82, 2.24) is 20.0 Å². The summed E-state index contributed by atoms with van der Waals surface area (Å²) < 4.78 is 28.5. The van der Waals surface area contributed by atoms with Crippen molar-refractivity contribution < 1.29 is 42.9 Å². The van der Waals surface area contributed by atoms with Gasteiger partial charge in [0.05, 0.1) is 11.9 Å². The third kappa shape index (κ3) is 6.13. The predicted molar refractivity (Wildman–Crippen MR) is 110 cm³/mol. The number of hydrogen-bond acceptors (Lipinski definition) is 12. The van der Waals surface area contributed by atoms with E-state index in [0.717, 1.165) is 20.8 Å². The molecule has 5 atom stereocenters. The summed E-state index contributed by atoms with van der Waals surface area (Å²) in [5.74, 6) is -2.75. The average Bonchev–Trinajstić information content (AvgIpc) is 3.25. The van der Waals surface area contributed by atoms with Crippen LogP contribution < -0.4 is 0 Å². The van der Waals surface area contributed by atoms with E-state index >= 15 is 0 Å². The van der Waals surface area contributed by atoms with Crippen LogP contribution in [0.4, 0.5) is 0 Å². The van der Waals surface area contributed by atoms with Gasteiger partial charge in [0.25, 0.3) is 0 Å². The zero-order valence-corrected chi connectivity index (χ0v) is 18.9. The van der Waals surface area contributed by atoms with E-state index in [0.29, 0.717) is 11.4 Å². The van der Waals surface area contributed by atoms with Crippen LogP contribution in [0.2, 0.25) is 0 Å². The van der Waals surface area contributed by atoms with Crippen LogP contribution in [0.3, 0.4) is 0 Å². The molecule has 0 spiro atoms. The number of carbonyl (C=O) groups excluding carboxylic acids is 4. The largest absolute Gasteiger partial charge is 0.463 e. The molecular formula is C21H24N4O9. The molecule has 0 bridgehead atoms. The van der Waals surface area contributed by atoms with Crippen molar-refractivity contribution in [3.05, 3.63) is 30.6 Å². The minimum absolute atomic E-state index is 0.337. The van der Waals surface area contributed by atoms with Crippen LogP contribution >= 0.6 is 0 Å². The molecule has 0 aromatic carbocycles. The van der Waals surface area contributed by atoms with Gasteiger partial charge in [-0.2, -0.15) is 0 Å². The van der Waals surface area contributed by atoms with Crippen LogP contribution in [0.15, 0.2) is 30.6 Å². The van der Waals surface area contributed by atoms with Gasteiger partial charge in [-0.25, -0.2) is 4.68 Å². The lowest BCUT2D eigenvalue weighted by molar-refractivity contribution is -0.270. The predicted octanol–water partition coefficient (Wildman–Crippen LogP) is 0.596. The van der Waals surface area contributed by atoms with Gasteiger partial charge in [0.2, 0.25) is 0 Å². The van der Waals surface area contributed by atoms with Crippen molar-refractivity contribution in [3.8, 4) is 11.4 Å². The Hall–Kier alpha value is -3.87. The zero-order chi connectivity index (χ0) is 24.8. The van der Waals surface area contributed by atoms with E-state index in [9.17, 15) is 19.2 Å². The van der Waals surface area contributed by atoms with E-state index in [-0.39, 0.29) is 6.61 Å². The lowest BCUT2D eigenvalue weighted by atomic mass is 9.97. The highest BCUT2D eigenvalue weighted by Crippen LogP contribution is 2.34. The maximum absolute atomic E-state index is 11.9. The Bertz CT molecular complexity index is 1040. The normalized spacial score (nSPS) is 24.1. The molecule has 0 saturated carbocycles. The van der Waals surface area contributed by atoms with Gasteiger partial charge < -0.3 is 23.7 Å². The van der Waals surface area contributed by atoms with Crippen LogP contribution in [0.5, 0.6) is 0 Å². The number of pyridine rings is 1. The standard InChI is InChI=1S/C21H24N4O9/c1-11(26)30-10-17-18(31-12(2)27)19(32-13(3)28)20(33-14(4)29)21(34-17)25-9-16(23-24-25)15-7-5-6-8-22-15/h5-9,17-21H,10H2,1-4H3/t17-,18+,19+,20-,21-/m1/s1. The summed E-state index contributed by atoms with van der Waals surface area (Å²) >= 11 is 0. The van der Waals surface area contributed by atoms with E-state index in [4.69, 9.17) is 23.7 Å². The summed E-state index contributed by atoms with van der Waals surface area (Å²) in [5.41, 5.74) is 0.924. The van der Waals surface area contributed by atoms with Crippen molar-refractivity contribution in [2.75, 3.05) is 6.61 Å². The minimum atomic E-state index is -1.30. The second-order valence-corrected chi connectivity index (χ2v) is 7.39. The summed E-state index contributed by atoms with van der Waals surface area (Å²) in [6, 6.07) is 5.24. The fourth-order valence-corrected chi connectivity index (χ4v) is 3.45. The van der Waals surface area contributed by atoms with Crippen LogP contribution in [0, 0.1) is 0 Å². The molecule has 13 heteroatoms. The second-order valence-electron chi connectivity index (χ2n) is 7.39. The van der Waals surface area contributed by atoms with Gasteiger partial charge in [-0.15, -0.1) is 5.10 Å². The Labute approximate surface area is 194 Å². The Morgan fingerprint density at radius 3 is 2.12 bits per heavy atom. The molecule has 0 amide bonds. The van der Waals surface area contributed by atoms with Gasteiger partial charge in [0.15, 0.2) is 24.5 Å². The fraction of sp³-hybridized carbons (Fsp3) is 0.476. The summed E-state index contributed by atoms with van der Waals surface area (Å²) in [5, 5.41) is 8.14. The summed E-state index contributed by atoms with van der Waals surface area (Å²) in [4.78, 5) is 51.3. The van der Waals surface area contributed by atoms with Crippen molar-refractivity contribution in [1.29, 1.82) is 0 Å². The van der Waals surface area contributed by atoms with Crippen molar-refractivity contribution in [2.45, 2.75) is 58.3 Å². The highest BCUT2D eigenvalue weighted by molar-refractivity contribution is 5.68. The first-order valence-corrected chi connectivity index (χ1v) is 10.3. The monoisotopic (exact) mass is 476 g/mol. The Balaban J connectivity index is 2.03. The van der Waals surface area contributed by atoms with Crippen LogP contribution in [-0.2, 0) is 42.9 Å². The Morgan fingerprint density at radius 2 is 1.53 bits per heavy atom. The van der Waals surface area contributed by atoms with Gasteiger partial charge in [0.1, 0.15) is 18.4 Å². The molecular weight excluding hydrogens is 452 g/mol. The highest BCUT2D eigenvalue weighted by Gasteiger charge is 2.53. The quantitative estimate of drug-likeness (QED) is 0.405. The van der Waals surface area contributed by atoms with E-state index in [1.165, 1.54) is 17.8 Å². The molecule has 13 nitrogen and oxygen atoms in total. The van der Waals surface area contributed by atoms with Crippen molar-refractivity contribution >= 4 is 23.9 Å². The zero-order valence-electron chi connectivity index (χ0n) is 18.9. The maximum Gasteiger partial charge on any atom is 0.303 e. The number of ether oxygens (including phenoxy) is 5. The van der Waals surface area contributed by atoms with E-state index < -0.39 is 54.5 Å². The summed E-state index contributed by atoms with van der Waals surface area (Å²) in [6.07, 6.45) is -3.00. The molecule has 1 fully saturated rings. The number of nitrogens with zero attached hydrogens (tertiary/aromatic N) is 4. The molecule has 1 aliphatic rings. The van der Waals surface area contributed by atoms with Gasteiger partial charge in [0, 0.05) is 33.9 Å². The van der Waals surface area contributed by atoms with Gasteiger partial charge in [-0.3, -0.25) is 24.2 Å². The van der Waals surface area contributed by atoms with Crippen molar-refractivity contribution in [3.63, 3.8) is 0 Å². The molecule has 3 rings (SSSR count). The summed E-state index contributed by atoms with van der Waals surface area (Å²) in [6.45, 7) is 4.32. The topological polar surface area (TPSA) is 158 Å². The first-order valence-electron chi connectivity index (χ1n) is 10.3. The van der Waals surface area contributed by atoms with Crippen LogP contribution in [0.1, 0.15) is 33.9 Å². The van der Waals surface area contributed by atoms with Crippen molar-refractivity contribution in [2.24, 2.45) is 0 Å². The summed E-state index contributed by atoms with van der Waals surface area (Å²) in [7, 11) is 0. The Kier molecular flexibility index (Phi) is 7.89. The lowest BCUT2D eigenvalue weighted by Gasteiger charge is -2.44. The number of hydrogen-bond donors (Lipinski definition) is 0. The third-order valence-corrected chi connectivity index (χ3v) is 4.66. The first kappa shape index (κ1) is 24.8. The minimum Gasteiger partial charge on any atom is -0.463 e. The fourth-order valence-electron chi connectivity index (χ4n) is 3.45. The van der Waals surface area contributed by atoms with Gasteiger partial charge in [-0.05, 0) is 12.1 Å². The van der Waals surface area contributed by atoms with Gasteiger partial charge in [-0.1, -0.05) is 11.3 Å². The number of rotatable bonds is 7. The molecule has 0 unspecified atom stereocenters. The molecule has 2 aromatic rings. The first-order chi connectivity index (χ1) is 16.2. The third-order valence-electron chi connectivity index (χ3n) is 4.66. The SMILES string of the molecule is CC(=O)OC[C@H]1O[C@@H](n2cc(-c3ccccn3)nn2)[C@H](OC(C)=O)[C@@H](OC(C)=O)[C@H]1OC(C)=O. The van der Waals surface area contributed by atoms with E-state index in [2.05, 4.69) is 15.3 Å². The lowest BCUT2D eigenvalue weighted by Crippen LogP contribution is -2.60. The number of carbonyl (C=O) groups is 4. The molecule has 0 N–H and O–H groups in total. The molecule has 0 radical (unpaired) electrons. The molecule has 1 saturated heterocycles. The average molecular weight is 476 g/mol. The molecule has 182 valence electrons. The maximum atomic E-state index is 11.9. The Morgan fingerprint density at radius 1 is 0.882 bits per heavy atom. The van der Waals surface area contributed by atoms with Gasteiger partial charge >= 0.3 is 23.9 Å². The molecule has 3 heterocycles. The van der Waals surface area contributed by atoms with E-state index in [1.54, 1.807) is 24.4 Å².